The highest BCUT2D eigenvalue weighted by Gasteiger charge is 2.36. The number of anilines is 1. The van der Waals surface area contributed by atoms with Crippen molar-refractivity contribution in [3.8, 4) is 11.5 Å². The van der Waals surface area contributed by atoms with Gasteiger partial charge in [-0.25, -0.2) is 8.42 Å². The van der Waals surface area contributed by atoms with E-state index in [1.165, 1.54) is 50.6 Å². The SMILES string of the molecule is COc1ccc(S(=O)(=O)N2CCC[C@H](C(=O)Nc3ccccc3C(F)(F)F)C2)cc1OC. The summed E-state index contributed by atoms with van der Waals surface area (Å²) < 4.78 is 77.3. The molecule has 0 aromatic heterocycles. The first-order valence-electron chi connectivity index (χ1n) is 9.77. The Kier molecular flexibility index (Phi) is 6.99. The molecule has 0 unspecified atom stereocenters. The largest absolute Gasteiger partial charge is 0.493 e. The van der Waals surface area contributed by atoms with Gasteiger partial charge in [0, 0.05) is 19.2 Å². The number of sulfonamides is 1. The number of ether oxygens (including phenoxy) is 2. The van der Waals surface area contributed by atoms with Crippen LogP contribution in [0.25, 0.3) is 0 Å². The molecule has 0 aliphatic carbocycles. The Morgan fingerprint density at radius 3 is 2.44 bits per heavy atom. The van der Waals surface area contributed by atoms with Gasteiger partial charge in [0.05, 0.1) is 36.3 Å². The van der Waals surface area contributed by atoms with Crippen molar-refractivity contribution in [3.05, 3.63) is 48.0 Å². The molecule has 7 nitrogen and oxygen atoms in total. The van der Waals surface area contributed by atoms with Crippen LogP contribution in [0.1, 0.15) is 18.4 Å². The average molecular weight is 472 g/mol. The van der Waals surface area contributed by atoms with Crippen LogP contribution in [-0.4, -0.2) is 45.9 Å². The van der Waals surface area contributed by atoms with E-state index in [0.29, 0.717) is 18.6 Å². The van der Waals surface area contributed by atoms with Gasteiger partial charge in [-0.3, -0.25) is 4.79 Å². The van der Waals surface area contributed by atoms with Gasteiger partial charge in [0.15, 0.2) is 11.5 Å². The van der Waals surface area contributed by atoms with Crippen molar-refractivity contribution >= 4 is 21.6 Å². The molecule has 1 N–H and O–H groups in total. The van der Waals surface area contributed by atoms with Crippen molar-refractivity contribution in [2.75, 3.05) is 32.6 Å². The molecule has 2 aromatic rings. The summed E-state index contributed by atoms with van der Waals surface area (Å²) in [5.41, 5.74) is -1.32. The molecule has 0 spiro atoms. The van der Waals surface area contributed by atoms with E-state index in [-0.39, 0.29) is 29.4 Å². The summed E-state index contributed by atoms with van der Waals surface area (Å²) in [5, 5.41) is 2.31. The maximum Gasteiger partial charge on any atom is 0.418 e. The number of nitrogens with zero attached hydrogens (tertiary/aromatic N) is 1. The number of halogens is 3. The lowest BCUT2D eigenvalue weighted by molar-refractivity contribution is -0.137. The van der Waals surface area contributed by atoms with Gasteiger partial charge in [-0.1, -0.05) is 12.1 Å². The van der Waals surface area contributed by atoms with Crippen molar-refractivity contribution in [2.24, 2.45) is 5.92 Å². The molecule has 1 fully saturated rings. The second-order valence-corrected chi connectivity index (χ2v) is 9.19. The number of alkyl halides is 3. The van der Waals surface area contributed by atoms with Gasteiger partial charge in [0.2, 0.25) is 15.9 Å². The number of amides is 1. The maximum absolute atomic E-state index is 13.2. The minimum atomic E-state index is -4.63. The predicted molar refractivity (Wildman–Crippen MR) is 111 cm³/mol. The third kappa shape index (κ3) is 4.99. The molecule has 1 aliphatic heterocycles. The van der Waals surface area contributed by atoms with Crippen molar-refractivity contribution in [1.82, 2.24) is 4.31 Å². The molecule has 1 aliphatic rings. The van der Waals surface area contributed by atoms with E-state index in [1.807, 2.05) is 0 Å². The van der Waals surface area contributed by atoms with Crippen LogP contribution in [0.5, 0.6) is 11.5 Å². The standard InChI is InChI=1S/C21H23F3N2O5S/c1-30-18-10-9-15(12-19(18)31-2)32(28,29)26-11-5-6-14(13-26)20(27)25-17-8-4-3-7-16(17)21(22,23)24/h3-4,7-10,12,14H,5-6,11,13H2,1-2H3,(H,25,27)/t14-/m0/s1. The van der Waals surface area contributed by atoms with Crippen LogP contribution in [-0.2, 0) is 21.0 Å². The lowest BCUT2D eigenvalue weighted by Crippen LogP contribution is -2.43. The maximum atomic E-state index is 13.2. The Bertz CT molecular complexity index is 1090. The molecule has 174 valence electrons. The molecule has 11 heteroatoms. The number of carbonyl (C=O) groups is 1. The number of carbonyl (C=O) groups excluding carboxylic acids is 1. The first-order valence-corrected chi connectivity index (χ1v) is 11.2. The summed E-state index contributed by atoms with van der Waals surface area (Å²) in [5.74, 6) is -0.844. The molecule has 32 heavy (non-hydrogen) atoms. The van der Waals surface area contributed by atoms with E-state index in [4.69, 9.17) is 9.47 Å². The van der Waals surface area contributed by atoms with Crippen molar-refractivity contribution in [2.45, 2.75) is 23.9 Å². The Balaban J connectivity index is 1.79. The number of benzene rings is 2. The summed E-state index contributed by atoms with van der Waals surface area (Å²) in [6.45, 7) is 0.0519. The second-order valence-electron chi connectivity index (χ2n) is 7.25. The first-order chi connectivity index (χ1) is 15.1. The van der Waals surface area contributed by atoms with E-state index in [1.54, 1.807) is 0 Å². The molecular weight excluding hydrogens is 449 g/mol. The Morgan fingerprint density at radius 1 is 1.09 bits per heavy atom. The molecule has 0 bridgehead atoms. The average Bonchev–Trinajstić information content (AvgIpc) is 2.78. The van der Waals surface area contributed by atoms with E-state index >= 15 is 0 Å². The molecule has 1 amide bonds. The van der Waals surface area contributed by atoms with E-state index < -0.39 is 33.6 Å². The molecule has 1 atom stereocenters. The van der Waals surface area contributed by atoms with Crippen LogP contribution in [0, 0.1) is 5.92 Å². The zero-order valence-corrected chi connectivity index (χ0v) is 18.3. The van der Waals surface area contributed by atoms with E-state index in [9.17, 15) is 26.4 Å². The third-order valence-corrected chi connectivity index (χ3v) is 7.10. The topological polar surface area (TPSA) is 84.9 Å². The van der Waals surface area contributed by atoms with Crippen LogP contribution in [0.3, 0.4) is 0 Å². The van der Waals surface area contributed by atoms with Crippen molar-refractivity contribution < 1.29 is 35.9 Å². The fourth-order valence-corrected chi connectivity index (χ4v) is 5.11. The lowest BCUT2D eigenvalue weighted by atomic mass is 9.98. The zero-order chi connectivity index (χ0) is 23.5. The van der Waals surface area contributed by atoms with Gasteiger partial charge in [0.1, 0.15) is 0 Å². The second kappa shape index (κ2) is 9.37. The normalized spacial score (nSPS) is 17.6. The summed E-state index contributed by atoms with van der Waals surface area (Å²) in [6.07, 6.45) is -3.87. The van der Waals surface area contributed by atoms with Gasteiger partial charge in [-0.2, -0.15) is 17.5 Å². The summed E-state index contributed by atoms with van der Waals surface area (Å²) in [7, 11) is -1.14. The Morgan fingerprint density at radius 2 is 1.78 bits per heavy atom. The summed E-state index contributed by atoms with van der Waals surface area (Å²) in [4.78, 5) is 12.7. The van der Waals surface area contributed by atoms with Crippen LogP contribution < -0.4 is 14.8 Å². The minimum Gasteiger partial charge on any atom is -0.493 e. The number of methoxy groups -OCH3 is 2. The minimum absolute atomic E-state index is 0.0291. The number of hydrogen-bond donors (Lipinski definition) is 1. The lowest BCUT2D eigenvalue weighted by Gasteiger charge is -2.31. The van der Waals surface area contributed by atoms with Crippen LogP contribution in [0.15, 0.2) is 47.4 Å². The van der Waals surface area contributed by atoms with Gasteiger partial charge in [0.25, 0.3) is 0 Å². The highest BCUT2D eigenvalue weighted by Crippen LogP contribution is 2.35. The summed E-state index contributed by atoms with van der Waals surface area (Å²) >= 11 is 0. The van der Waals surface area contributed by atoms with Crippen molar-refractivity contribution in [1.29, 1.82) is 0 Å². The summed E-state index contributed by atoms with van der Waals surface area (Å²) in [6, 6.07) is 8.84. The van der Waals surface area contributed by atoms with Crippen LogP contribution >= 0.6 is 0 Å². The van der Waals surface area contributed by atoms with Crippen LogP contribution in [0.2, 0.25) is 0 Å². The quantitative estimate of drug-likeness (QED) is 0.692. The highest BCUT2D eigenvalue weighted by molar-refractivity contribution is 7.89. The van der Waals surface area contributed by atoms with Gasteiger partial charge in [-0.15, -0.1) is 0 Å². The number of para-hydroxylation sites is 1. The van der Waals surface area contributed by atoms with E-state index in [0.717, 1.165) is 10.4 Å². The van der Waals surface area contributed by atoms with Crippen LogP contribution in [0.4, 0.5) is 18.9 Å². The fraction of sp³-hybridized carbons (Fsp3) is 0.381. The van der Waals surface area contributed by atoms with Crippen molar-refractivity contribution in [3.63, 3.8) is 0 Å². The molecule has 2 aromatic carbocycles. The number of nitrogens with one attached hydrogen (secondary N) is 1. The van der Waals surface area contributed by atoms with E-state index in [2.05, 4.69) is 5.32 Å². The molecule has 0 saturated carbocycles. The number of rotatable bonds is 6. The fourth-order valence-electron chi connectivity index (χ4n) is 3.57. The molecule has 0 radical (unpaired) electrons. The van der Waals surface area contributed by atoms with Gasteiger partial charge < -0.3 is 14.8 Å². The number of hydrogen-bond acceptors (Lipinski definition) is 5. The molecule has 1 saturated heterocycles. The molecular formula is C21H23F3N2O5S. The smallest absolute Gasteiger partial charge is 0.418 e. The van der Waals surface area contributed by atoms with Gasteiger partial charge >= 0.3 is 6.18 Å². The Hall–Kier alpha value is -2.79. The zero-order valence-electron chi connectivity index (χ0n) is 17.5. The van der Waals surface area contributed by atoms with Gasteiger partial charge in [-0.05, 0) is 37.1 Å². The molecule has 3 rings (SSSR count). The first kappa shape index (κ1) is 23.9. The number of piperidine rings is 1. The monoisotopic (exact) mass is 472 g/mol. The molecule has 1 heterocycles. The highest BCUT2D eigenvalue weighted by atomic mass is 32.2. The predicted octanol–water partition coefficient (Wildman–Crippen LogP) is 3.76. The third-order valence-electron chi connectivity index (χ3n) is 5.24. The Labute approximate surface area is 184 Å².